The van der Waals surface area contributed by atoms with Gasteiger partial charge in [-0.1, -0.05) is 24.3 Å². The van der Waals surface area contributed by atoms with Gasteiger partial charge in [0.2, 0.25) is 5.76 Å². The number of carbonyl (C=O) groups excluding carboxylic acids is 1. The molecule has 1 heterocycles. The van der Waals surface area contributed by atoms with Crippen molar-refractivity contribution >= 4 is 16.9 Å². The zero-order valence-electron chi connectivity index (χ0n) is 14.5. The van der Waals surface area contributed by atoms with Crippen molar-refractivity contribution in [2.24, 2.45) is 0 Å². The number of furan rings is 1. The highest BCUT2D eigenvalue weighted by molar-refractivity contribution is 5.96. The molecule has 0 saturated heterocycles. The van der Waals surface area contributed by atoms with Gasteiger partial charge in [-0.05, 0) is 26.0 Å². The second-order valence-corrected chi connectivity index (χ2v) is 5.89. The minimum Gasteiger partial charge on any atom is -0.460 e. The molecule has 1 atom stereocenters. The SMILES string of the molecule is CCOC(=O)c1oc2ccccc2c1CN[C@H](C)c1ccc(F)cc1F. The highest BCUT2D eigenvalue weighted by Crippen LogP contribution is 2.27. The standard InChI is InChI=1S/C20H19F2NO3/c1-3-25-20(24)19-16(15-6-4-5-7-18(15)26-19)11-23-12(2)14-9-8-13(21)10-17(14)22/h4-10,12,23H,3,11H2,1-2H3/t12-/m1/s1. The lowest BCUT2D eigenvalue weighted by Crippen LogP contribution is -2.20. The number of hydrogen-bond acceptors (Lipinski definition) is 4. The summed E-state index contributed by atoms with van der Waals surface area (Å²) in [6.07, 6.45) is 0. The summed E-state index contributed by atoms with van der Waals surface area (Å²) in [5, 5.41) is 3.95. The summed E-state index contributed by atoms with van der Waals surface area (Å²) >= 11 is 0. The molecule has 0 aliphatic heterocycles. The number of fused-ring (bicyclic) bond motifs is 1. The van der Waals surface area contributed by atoms with Crippen LogP contribution in [0.3, 0.4) is 0 Å². The van der Waals surface area contributed by atoms with E-state index in [0.29, 0.717) is 16.7 Å². The lowest BCUT2D eigenvalue weighted by Gasteiger charge is -2.15. The molecule has 0 saturated carbocycles. The van der Waals surface area contributed by atoms with Crippen LogP contribution >= 0.6 is 0 Å². The number of para-hydroxylation sites is 1. The molecular weight excluding hydrogens is 340 g/mol. The summed E-state index contributed by atoms with van der Waals surface area (Å²) in [5.41, 5.74) is 1.57. The number of carbonyl (C=O) groups is 1. The third-order valence-electron chi connectivity index (χ3n) is 4.17. The molecule has 3 rings (SSSR count). The monoisotopic (exact) mass is 359 g/mol. The number of ether oxygens (including phenoxy) is 1. The van der Waals surface area contributed by atoms with Gasteiger partial charge in [0.15, 0.2) is 0 Å². The minimum absolute atomic E-state index is 0.132. The Morgan fingerprint density at radius 2 is 2.00 bits per heavy atom. The molecule has 0 aliphatic carbocycles. The van der Waals surface area contributed by atoms with Gasteiger partial charge in [-0.2, -0.15) is 0 Å². The Labute approximate surface area is 149 Å². The second kappa shape index (κ2) is 7.66. The number of rotatable bonds is 6. The second-order valence-electron chi connectivity index (χ2n) is 5.89. The third-order valence-corrected chi connectivity index (χ3v) is 4.17. The zero-order valence-corrected chi connectivity index (χ0v) is 14.5. The van der Waals surface area contributed by atoms with Crippen LogP contribution in [0.4, 0.5) is 8.78 Å². The Hall–Kier alpha value is -2.73. The molecule has 0 fully saturated rings. The molecular formula is C20H19F2NO3. The topological polar surface area (TPSA) is 51.5 Å². The summed E-state index contributed by atoms with van der Waals surface area (Å²) in [4.78, 5) is 12.2. The molecule has 1 N–H and O–H groups in total. The maximum absolute atomic E-state index is 14.0. The van der Waals surface area contributed by atoms with Gasteiger partial charge < -0.3 is 14.5 Å². The molecule has 1 aromatic heterocycles. The van der Waals surface area contributed by atoms with E-state index in [1.54, 1.807) is 19.9 Å². The fourth-order valence-corrected chi connectivity index (χ4v) is 2.85. The fourth-order valence-electron chi connectivity index (χ4n) is 2.85. The number of hydrogen-bond donors (Lipinski definition) is 1. The lowest BCUT2D eigenvalue weighted by atomic mass is 10.1. The normalized spacial score (nSPS) is 12.3. The summed E-state index contributed by atoms with van der Waals surface area (Å²) in [6, 6.07) is 10.4. The minimum atomic E-state index is -0.621. The largest absolute Gasteiger partial charge is 0.460 e. The summed E-state index contributed by atoms with van der Waals surface area (Å²) in [6.45, 7) is 3.99. The van der Waals surface area contributed by atoms with Crippen LogP contribution in [0.15, 0.2) is 46.9 Å². The quantitative estimate of drug-likeness (QED) is 0.646. The first-order valence-electron chi connectivity index (χ1n) is 8.37. The molecule has 0 amide bonds. The van der Waals surface area contributed by atoms with Crippen LogP contribution in [0, 0.1) is 11.6 Å². The van der Waals surface area contributed by atoms with Crippen molar-refractivity contribution in [2.75, 3.05) is 6.61 Å². The average Bonchev–Trinajstić information content (AvgIpc) is 2.98. The van der Waals surface area contributed by atoms with Crippen LogP contribution in [0.25, 0.3) is 11.0 Å². The highest BCUT2D eigenvalue weighted by Gasteiger charge is 2.22. The van der Waals surface area contributed by atoms with E-state index in [2.05, 4.69) is 5.32 Å². The summed E-state index contributed by atoms with van der Waals surface area (Å²) in [5.74, 6) is -1.65. The molecule has 0 aliphatic rings. The van der Waals surface area contributed by atoms with Gasteiger partial charge in [0, 0.05) is 35.2 Å². The van der Waals surface area contributed by atoms with Crippen LogP contribution in [0.5, 0.6) is 0 Å². The molecule has 26 heavy (non-hydrogen) atoms. The van der Waals surface area contributed by atoms with Gasteiger partial charge >= 0.3 is 5.97 Å². The van der Waals surface area contributed by atoms with Crippen LogP contribution in [-0.4, -0.2) is 12.6 Å². The smallest absolute Gasteiger partial charge is 0.374 e. The van der Waals surface area contributed by atoms with Crippen LogP contribution in [-0.2, 0) is 11.3 Å². The van der Waals surface area contributed by atoms with E-state index in [9.17, 15) is 13.6 Å². The van der Waals surface area contributed by atoms with Crippen molar-refractivity contribution in [3.63, 3.8) is 0 Å². The van der Waals surface area contributed by atoms with E-state index in [1.165, 1.54) is 12.1 Å². The van der Waals surface area contributed by atoms with Crippen molar-refractivity contribution in [1.82, 2.24) is 5.32 Å². The summed E-state index contributed by atoms with van der Waals surface area (Å²) < 4.78 is 37.8. The van der Waals surface area contributed by atoms with Gasteiger partial charge in [0.25, 0.3) is 0 Å². The molecule has 3 aromatic rings. The first-order chi connectivity index (χ1) is 12.5. The summed E-state index contributed by atoms with van der Waals surface area (Å²) in [7, 11) is 0. The van der Waals surface area contributed by atoms with Gasteiger partial charge in [-0.3, -0.25) is 0 Å². The van der Waals surface area contributed by atoms with Crippen molar-refractivity contribution in [1.29, 1.82) is 0 Å². The van der Waals surface area contributed by atoms with E-state index in [4.69, 9.17) is 9.15 Å². The van der Waals surface area contributed by atoms with Gasteiger partial charge in [0.1, 0.15) is 17.2 Å². The maximum atomic E-state index is 14.0. The lowest BCUT2D eigenvalue weighted by molar-refractivity contribution is 0.0490. The van der Waals surface area contributed by atoms with Crippen molar-refractivity contribution < 1.29 is 22.7 Å². The number of nitrogens with one attached hydrogen (secondary N) is 1. The molecule has 4 nitrogen and oxygen atoms in total. The Bertz CT molecular complexity index is 936. The Balaban J connectivity index is 1.87. The van der Waals surface area contributed by atoms with E-state index >= 15 is 0 Å². The molecule has 0 radical (unpaired) electrons. The van der Waals surface area contributed by atoms with E-state index in [-0.39, 0.29) is 25.0 Å². The molecule has 0 bridgehead atoms. The Morgan fingerprint density at radius 3 is 2.73 bits per heavy atom. The first kappa shape index (κ1) is 18.1. The van der Waals surface area contributed by atoms with Crippen LogP contribution < -0.4 is 5.32 Å². The number of benzene rings is 2. The van der Waals surface area contributed by atoms with Gasteiger partial charge in [0.05, 0.1) is 6.61 Å². The zero-order chi connectivity index (χ0) is 18.7. The highest BCUT2D eigenvalue weighted by atomic mass is 19.1. The molecule has 2 aromatic carbocycles. The third kappa shape index (κ3) is 3.60. The van der Waals surface area contributed by atoms with Crippen molar-refractivity contribution in [3.8, 4) is 0 Å². The molecule has 0 unspecified atom stereocenters. The van der Waals surface area contributed by atoms with Crippen molar-refractivity contribution in [2.45, 2.75) is 26.4 Å². The van der Waals surface area contributed by atoms with Gasteiger partial charge in [-0.25, -0.2) is 13.6 Å². The van der Waals surface area contributed by atoms with Crippen LogP contribution in [0.2, 0.25) is 0 Å². The fraction of sp³-hybridized carbons (Fsp3) is 0.250. The first-order valence-corrected chi connectivity index (χ1v) is 8.37. The molecule has 6 heteroatoms. The predicted molar refractivity (Wildman–Crippen MR) is 93.8 cm³/mol. The van der Waals surface area contributed by atoms with E-state index in [0.717, 1.165) is 11.5 Å². The predicted octanol–water partition coefficient (Wildman–Crippen LogP) is 4.74. The molecule has 136 valence electrons. The molecule has 0 spiro atoms. The van der Waals surface area contributed by atoms with E-state index in [1.807, 2.05) is 18.2 Å². The van der Waals surface area contributed by atoms with E-state index < -0.39 is 17.6 Å². The Kier molecular flexibility index (Phi) is 5.32. The Morgan fingerprint density at radius 1 is 1.23 bits per heavy atom. The van der Waals surface area contributed by atoms with Crippen LogP contribution in [0.1, 0.15) is 41.6 Å². The average molecular weight is 359 g/mol. The van der Waals surface area contributed by atoms with Gasteiger partial charge in [-0.15, -0.1) is 0 Å². The maximum Gasteiger partial charge on any atom is 0.374 e. The number of esters is 1. The van der Waals surface area contributed by atoms with Crippen molar-refractivity contribution in [3.05, 3.63) is 71.0 Å². The number of halogens is 2.